The third kappa shape index (κ3) is 3.99. The first-order valence-corrected chi connectivity index (χ1v) is 8.97. The average Bonchev–Trinajstić information content (AvgIpc) is 2.70. The fourth-order valence-corrected chi connectivity index (χ4v) is 3.70. The van der Waals surface area contributed by atoms with Gasteiger partial charge in [0.05, 0.1) is 0 Å². The van der Waals surface area contributed by atoms with Crippen LogP contribution in [-0.4, -0.2) is 34.3 Å². The van der Waals surface area contributed by atoms with Crippen LogP contribution < -0.4 is 10.6 Å². The third-order valence-electron chi connectivity index (χ3n) is 4.13. The van der Waals surface area contributed by atoms with Crippen LogP contribution in [0.15, 0.2) is 5.03 Å². The van der Waals surface area contributed by atoms with Gasteiger partial charge in [0.15, 0.2) is 5.82 Å². The molecule has 5 nitrogen and oxygen atoms in total. The highest BCUT2D eigenvalue weighted by atomic mass is 32.2. The summed E-state index contributed by atoms with van der Waals surface area (Å²) in [4.78, 5) is 0. The monoisotopic (exact) mass is 309 g/mol. The molecule has 21 heavy (non-hydrogen) atoms. The Morgan fingerprint density at radius 3 is 2.62 bits per heavy atom. The minimum Gasteiger partial charge on any atom is -0.377 e. The number of nitrogens with zero attached hydrogens (tertiary/aromatic N) is 3. The highest BCUT2D eigenvalue weighted by molar-refractivity contribution is 7.98. The van der Waals surface area contributed by atoms with Gasteiger partial charge in [-0.3, -0.25) is 0 Å². The summed E-state index contributed by atoms with van der Waals surface area (Å²) in [6.07, 6.45) is 5.52. The molecule has 0 aromatic carbocycles. The average molecular weight is 309 g/mol. The Morgan fingerprint density at radius 1 is 1.29 bits per heavy atom. The molecule has 6 heteroatoms. The Balaban J connectivity index is 2.21. The molecule has 1 aliphatic rings. The number of rotatable bonds is 6. The fourth-order valence-electron chi connectivity index (χ4n) is 3.22. The molecule has 0 radical (unpaired) electrons. The van der Waals surface area contributed by atoms with Crippen molar-refractivity contribution in [1.29, 1.82) is 0 Å². The van der Waals surface area contributed by atoms with Crippen molar-refractivity contribution in [3.8, 4) is 0 Å². The second kappa shape index (κ2) is 6.81. The summed E-state index contributed by atoms with van der Waals surface area (Å²) in [5, 5.41) is 20.2. The minimum absolute atomic E-state index is 0.404. The van der Waals surface area contributed by atoms with Gasteiger partial charge in [0, 0.05) is 12.6 Å². The predicted molar refractivity (Wildman–Crippen MR) is 90.0 cm³/mol. The van der Waals surface area contributed by atoms with E-state index in [9.17, 15) is 0 Å². The molecule has 0 saturated heterocycles. The lowest BCUT2D eigenvalue weighted by Gasteiger charge is -2.22. The molecule has 2 atom stereocenters. The van der Waals surface area contributed by atoms with E-state index >= 15 is 0 Å². The largest absolute Gasteiger partial charge is 0.377 e. The van der Waals surface area contributed by atoms with Crippen LogP contribution in [0.4, 0.5) is 11.5 Å². The lowest BCUT2D eigenvalue weighted by molar-refractivity contribution is 0.366. The van der Waals surface area contributed by atoms with E-state index in [0.29, 0.717) is 17.4 Å². The van der Waals surface area contributed by atoms with Crippen LogP contribution in [0.2, 0.25) is 0 Å². The molecule has 1 saturated carbocycles. The standard InChI is InChI=1S/C15H27N5S/c1-6-7-16-13-12(14(21-5)19-20-18-13)17-11-9-15(3,4)8-10(11)2/h10-11H,6-9H2,1-5H3,(H,17,20)(H,16,18,19). The summed E-state index contributed by atoms with van der Waals surface area (Å²) in [7, 11) is 0. The Hall–Kier alpha value is -1.04. The molecule has 0 bridgehead atoms. The van der Waals surface area contributed by atoms with Gasteiger partial charge in [0.2, 0.25) is 0 Å². The lowest BCUT2D eigenvalue weighted by atomic mass is 9.91. The Morgan fingerprint density at radius 2 is 2.05 bits per heavy atom. The molecular weight excluding hydrogens is 282 g/mol. The SMILES string of the molecule is CCCNc1nnnc(SC)c1NC1CC(C)(C)CC1C. The molecule has 1 aromatic rings. The highest BCUT2D eigenvalue weighted by Gasteiger charge is 2.37. The molecule has 2 rings (SSSR count). The Bertz CT molecular complexity index is 477. The van der Waals surface area contributed by atoms with E-state index in [4.69, 9.17) is 0 Å². The molecule has 1 heterocycles. The minimum atomic E-state index is 0.404. The first kappa shape index (κ1) is 16.3. The van der Waals surface area contributed by atoms with Gasteiger partial charge in [-0.1, -0.05) is 27.7 Å². The van der Waals surface area contributed by atoms with Crippen LogP contribution in [-0.2, 0) is 0 Å². The van der Waals surface area contributed by atoms with Crippen molar-refractivity contribution in [3.05, 3.63) is 0 Å². The smallest absolute Gasteiger partial charge is 0.176 e. The summed E-state index contributed by atoms with van der Waals surface area (Å²) in [5.74, 6) is 1.48. The molecule has 1 aromatic heterocycles. The van der Waals surface area contributed by atoms with E-state index in [-0.39, 0.29) is 0 Å². The number of hydrogen-bond donors (Lipinski definition) is 2. The zero-order chi connectivity index (χ0) is 15.5. The van der Waals surface area contributed by atoms with Crippen molar-refractivity contribution >= 4 is 23.3 Å². The van der Waals surface area contributed by atoms with E-state index < -0.39 is 0 Å². The van der Waals surface area contributed by atoms with E-state index in [2.05, 4.69) is 53.7 Å². The van der Waals surface area contributed by atoms with Crippen LogP contribution >= 0.6 is 11.8 Å². The molecule has 2 unspecified atom stereocenters. The maximum atomic E-state index is 4.18. The topological polar surface area (TPSA) is 62.7 Å². The maximum absolute atomic E-state index is 4.18. The van der Waals surface area contributed by atoms with Crippen molar-refractivity contribution in [2.45, 2.75) is 58.0 Å². The summed E-state index contributed by atoms with van der Waals surface area (Å²) >= 11 is 1.61. The van der Waals surface area contributed by atoms with Crippen molar-refractivity contribution in [1.82, 2.24) is 15.4 Å². The Labute approximate surface area is 132 Å². The quantitative estimate of drug-likeness (QED) is 0.782. The number of nitrogens with one attached hydrogen (secondary N) is 2. The van der Waals surface area contributed by atoms with Gasteiger partial charge in [-0.15, -0.1) is 22.0 Å². The number of thioether (sulfide) groups is 1. The van der Waals surface area contributed by atoms with Crippen molar-refractivity contribution in [2.24, 2.45) is 11.3 Å². The third-order valence-corrected chi connectivity index (χ3v) is 4.80. The predicted octanol–water partition coefficient (Wildman–Crippen LogP) is 3.65. The van der Waals surface area contributed by atoms with E-state index in [0.717, 1.165) is 29.5 Å². The van der Waals surface area contributed by atoms with Crippen LogP contribution in [0.3, 0.4) is 0 Å². The molecular formula is C15H27N5S. The van der Waals surface area contributed by atoms with Gasteiger partial charge in [-0.05, 0) is 42.1 Å². The second-order valence-electron chi connectivity index (χ2n) is 6.75. The lowest BCUT2D eigenvalue weighted by Crippen LogP contribution is -2.24. The summed E-state index contributed by atoms with van der Waals surface area (Å²) in [6.45, 7) is 10.1. The van der Waals surface area contributed by atoms with Gasteiger partial charge in [0.1, 0.15) is 10.7 Å². The zero-order valence-corrected chi connectivity index (χ0v) is 14.5. The van der Waals surface area contributed by atoms with Gasteiger partial charge in [-0.2, -0.15) is 0 Å². The van der Waals surface area contributed by atoms with E-state index in [1.807, 2.05) is 6.26 Å². The van der Waals surface area contributed by atoms with E-state index in [1.54, 1.807) is 11.8 Å². The number of anilines is 2. The maximum Gasteiger partial charge on any atom is 0.176 e. The van der Waals surface area contributed by atoms with Crippen LogP contribution in [0.1, 0.15) is 47.0 Å². The summed E-state index contributed by atoms with van der Waals surface area (Å²) in [5.41, 5.74) is 1.42. The first-order chi connectivity index (χ1) is 9.96. The summed E-state index contributed by atoms with van der Waals surface area (Å²) < 4.78 is 0. The normalized spacial score (nSPS) is 24.0. The zero-order valence-electron chi connectivity index (χ0n) is 13.7. The molecule has 1 aliphatic carbocycles. The molecule has 0 amide bonds. The van der Waals surface area contributed by atoms with Gasteiger partial charge < -0.3 is 10.6 Å². The molecule has 0 spiro atoms. The highest BCUT2D eigenvalue weighted by Crippen LogP contribution is 2.43. The molecule has 2 N–H and O–H groups in total. The van der Waals surface area contributed by atoms with Crippen molar-refractivity contribution in [2.75, 3.05) is 23.4 Å². The van der Waals surface area contributed by atoms with Crippen LogP contribution in [0.5, 0.6) is 0 Å². The fraction of sp³-hybridized carbons (Fsp3) is 0.800. The van der Waals surface area contributed by atoms with Crippen LogP contribution in [0.25, 0.3) is 0 Å². The first-order valence-electron chi connectivity index (χ1n) is 7.74. The molecule has 0 aliphatic heterocycles. The Kier molecular flexibility index (Phi) is 5.30. The summed E-state index contributed by atoms with van der Waals surface area (Å²) in [6, 6.07) is 0.471. The number of aromatic nitrogens is 3. The van der Waals surface area contributed by atoms with Gasteiger partial charge >= 0.3 is 0 Å². The van der Waals surface area contributed by atoms with Crippen molar-refractivity contribution in [3.63, 3.8) is 0 Å². The van der Waals surface area contributed by atoms with Gasteiger partial charge in [-0.25, -0.2) is 0 Å². The molecule has 118 valence electrons. The van der Waals surface area contributed by atoms with Crippen LogP contribution in [0, 0.1) is 11.3 Å². The second-order valence-corrected chi connectivity index (χ2v) is 7.54. The molecule has 1 fully saturated rings. The van der Waals surface area contributed by atoms with Crippen molar-refractivity contribution < 1.29 is 0 Å². The van der Waals surface area contributed by atoms with Gasteiger partial charge in [0.25, 0.3) is 0 Å². The number of hydrogen-bond acceptors (Lipinski definition) is 6. The van der Waals surface area contributed by atoms with E-state index in [1.165, 1.54) is 12.8 Å².